The molecule has 1 aromatic carbocycles. The zero-order valence-corrected chi connectivity index (χ0v) is 13.8. The summed E-state index contributed by atoms with van der Waals surface area (Å²) in [5, 5.41) is 15.8. The van der Waals surface area contributed by atoms with Crippen LogP contribution in [0, 0.1) is 23.2 Å². The highest BCUT2D eigenvalue weighted by Crippen LogP contribution is 2.50. The molecule has 1 aliphatic carbocycles. The quantitative estimate of drug-likeness (QED) is 0.933. The molecule has 2 aliphatic rings. The molecule has 124 valence electrons. The Morgan fingerprint density at radius 3 is 2.62 bits per heavy atom. The largest absolute Gasteiger partial charge is 0.343 e. The molecule has 1 aromatic heterocycles. The first-order valence-corrected chi connectivity index (χ1v) is 8.52. The lowest BCUT2D eigenvalue weighted by Crippen LogP contribution is -2.29. The van der Waals surface area contributed by atoms with Gasteiger partial charge in [-0.3, -0.25) is 9.47 Å². The average Bonchev–Trinajstić information content (AvgIpc) is 3.30. The maximum absolute atomic E-state index is 11.8. The number of nitrogens with zero attached hydrogens (tertiary/aromatic N) is 4. The maximum Gasteiger partial charge on any atom is 0.343 e. The van der Waals surface area contributed by atoms with Crippen molar-refractivity contribution in [2.45, 2.75) is 31.8 Å². The van der Waals surface area contributed by atoms with Crippen LogP contribution in [0.15, 0.2) is 29.1 Å². The number of hydrogen-bond acceptors (Lipinski definition) is 4. The molecule has 4 rings (SSSR count). The second-order valence-corrected chi connectivity index (χ2v) is 6.96. The molecule has 2 heterocycles. The normalized spacial score (nSPS) is 24.2. The smallest absolute Gasteiger partial charge is 0.289 e. The standard InChI is InChI=1S/C18H21N5O/c1-22-17(20-21-18(22)24)16-15(14-6-7-14)8-9-23(16)11-13-4-2-12(10-19)3-5-13/h2-5,14-16H,6-9,11H2,1H3,(H,21,24). The number of likely N-dealkylation sites (tertiary alicyclic amines) is 1. The highest BCUT2D eigenvalue weighted by atomic mass is 16.1. The molecule has 1 N–H and O–H groups in total. The second-order valence-electron chi connectivity index (χ2n) is 6.96. The van der Waals surface area contributed by atoms with Gasteiger partial charge in [0.15, 0.2) is 5.82 Å². The lowest BCUT2D eigenvalue weighted by molar-refractivity contribution is 0.197. The summed E-state index contributed by atoms with van der Waals surface area (Å²) in [4.78, 5) is 14.3. The zero-order valence-electron chi connectivity index (χ0n) is 13.8. The third-order valence-electron chi connectivity index (χ3n) is 5.42. The molecule has 6 heteroatoms. The number of hydrogen-bond donors (Lipinski definition) is 1. The molecular formula is C18H21N5O. The summed E-state index contributed by atoms with van der Waals surface area (Å²) >= 11 is 0. The fourth-order valence-corrected chi connectivity index (χ4v) is 3.98. The monoisotopic (exact) mass is 323 g/mol. The van der Waals surface area contributed by atoms with Gasteiger partial charge < -0.3 is 0 Å². The van der Waals surface area contributed by atoms with Crippen molar-refractivity contribution in [1.82, 2.24) is 19.7 Å². The molecule has 0 spiro atoms. The van der Waals surface area contributed by atoms with Gasteiger partial charge in [-0.15, -0.1) is 0 Å². The predicted molar refractivity (Wildman–Crippen MR) is 89.0 cm³/mol. The Morgan fingerprint density at radius 1 is 1.29 bits per heavy atom. The Morgan fingerprint density at radius 2 is 2.04 bits per heavy atom. The summed E-state index contributed by atoms with van der Waals surface area (Å²) in [6.45, 7) is 1.84. The Hall–Kier alpha value is -2.39. The Kier molecular flexibility index (Phi) is 3.73. The van der Waals surface area contributed by atoms with E-state index in [1.165, 1.54) is 18.4 Å². The fourth-order valence-electron chi connectivity index (χ4n) is 3.98. The number of aromatic nitrogens is 3. The molecular weight excluding hydrogens is 302 g/mol. The van der Waals surface area contributed by atoms with Crippen molar-refractivity contribution in [3.63, 3.8) is 0 Å². The zero-order chi connectivity index (χ0) is 16.7. The van der Waals surface area contributed by atoms with Crippen molar-refractivity contribution in [2.75, 3.05) is 6.54 Å². The van der Waals surface area contributed by atoms with Crippen molar-refractivity contribution in [3.05, 3.63) is 51.7 Å². The number of H-pyrrole nitrogens is 1. The van der Waals surface area contributed by atoms with Gasteiger partial charge in [0.2, 0.25) is 0 Å². The molecule has 24 heavy (non-hydrogen) atoms. The topological polar surface area (TPSA) is 77.7 Å². The summed E-state index contributed by atoms with van der Waals surface area (Å²) in [6, 6.07) is 10.1. The van der Waals surface area contributed by atoms with Crippen LogP contribution in [0.25, 0.3) is 0 Å². The lowest BCUT2D eigenvalue weighted by atomic mass is 9.94. The van der Waals surface area contributed by atoms with Gasteiger partial charge in [0.05, 0.1) is 17.7 Å². The molecule has 1 aliphatic heterocycles. The molecule has 2 atom stereocenters. The predicted octanol–water partition coefficient (Wildman–Crippen LogP) is 1.95. The first kappa shape index (κ1) is 15.2. The van der Waals surface area contributed by atoms with E-state index in [1.54, 1.807) is 11.6 Å². The van der Waals surface area contributed by atoms with Gasteiger partial charge in [0.1, 0.15) is 0 Å². The summed E-state index contributed by atoms with van der Waals surface area (Å²) < 4.78 is 1.65. The molecule has 1 saturated heterocycles. The molecule has 1 saturated carbocycles. The van der Waals surface area contributed by atoms with Crippen LogP contribution in [0.4, 0.5) is 0 Å². The minimum Gasteiger partial charge on any atom is -0.289 e. The minimum absolute atomic E-state index is 0.148. The van der Waals surface area contributed by atoms with Gasteiger partial charge in [-0.1, -0.05) is 12.1 Å². The van der Waals surface area contributed by atoms with Crippen molar-refractivity contribution in [3.8, 4) is 6.07 Å². The number of aromatic amines is 1. The van der Waals surface area contributed by atoms with E-state index < -0.39 is 0 Å². The number of benzene rings is 1. The van der Waals surface area contributed by atoms with Crippen molar-refractivity contribution < 1.29 is 0 Å². The first-order chi connectivity index (χ1) is 11.7. The van der Waals surface area contributed by atoms with Gasteiger partial charge in [0.25, 0.3) is 0 Å². The molecule has 0 radical (unpaired) electrons. The first-order valence-electron chi connectivity index (χ1n) is 8.52. The van der Waals surface area contributed by atoms with Crippen molar-refractivity contribution in [2.24, 2.45) is 18.9 Å². The van der Waals surface area contributed by atoms with E-state index >= 15 is 0 Å². The van der Waals surface area contributed by atoms with E-state index in [9.17, 15) is 4.79 Å². The minimum atomic E-state index is -0.148. The Bertz CT molecular complexity index is 824. The van der Waals surface area contributed by atoms with Gasteiger partial charge in [0, 0.05) is 13.6 Å². The number of nitrogens with one attached hydrogen (secondary N) is 1. The highest BCUT2D eigenvalue weighted by Gasteiger charge is 2.45. The Labute approximate surface area is 140 Å². The van der Waals surface area contributed by atoms with Crippen LogP contribution in [-0.4, -0.2) is 26.2 Å². The van der Waals surface area contributed by atoms with Crippen LogP contribution < -0.4 is 5.69 Å². The molecule has 2 unspecified atom stereocenters. The third kappa shape index (κ3) is 2.65. The SMILES string of the molecule is Cn1c(C2C(C3CC3)CCN2Cc2ccc(C#N)cc2)n[nH]c1=O. The van der Waals surface area contributed by atoms with Crippen LogP contribution in [-0.2, 0) is 13.6 Å². The van der Waals surface area contributed by atoms with Crippen molar-refractivity contribution in [1.29, 1.82) is 5.26 Å². The second kappa shape index (κ2) is 5.91. The van der Waals surface area contributed by atoms with Crippen LogP contribution >= 0.6 is 0 Å². The fraction of sp³-hybridized carbons (Fsp3) is 0.500. The van der Waals surface area contributed by atoms with Crippen LogP contribution in [0.2, 0.25) is 0 Å². The molecule has 2 aromatic rings. The summed E-state index contributed by atoms with van der Waals surface area (Å²) in [6.07, 6.45) is 3.75. The van der Waals surface area contributed by atoms with E-state index in [0.717, 1.165) is 31.3 Å². The van der Waals surface area contributed by atoms with Gasteiger partial charge >= 0.3 is 5.69 Å². The third-order valence-corrected chi connectivity index (χ3v) is 5.42. The van der Waals surface area contributed by atoms with Crippen LogP contribution in [0.1, 0.15) is 42.3 Å². The number of nitriles is 1. The van der Waals surface area contributed by atoms with E-state index in [1.807, 2.05) is 24.3 Å². The lowest BCUT2D eigenvalue weighted by Gasteiger charge is -2.27. The molecule has 0 bridgehead atoms. The average molecular weight is 323 g/mol. The molecule has 2 fully saturated rings. The molecule has 0 amide bonds. The number of rotatable bonds is 4. The van der Waals surface area contributed by atoms with Crippen LogP contribution in [0.5, 0.6) is 0 Å². The summed E-state index contributed by atoms with van der Waals surface area (Å²) in [5.74, 6) is 2.20. The van der Waals surface area contributed by atoms with Gasteiger partial charge in [-0.05, 0) is 55.3 Å². The van der Waals surface area contributed by atoms with E-state index in [2.05, 4.69) is 21.2 Å². The molecule has 6 nitrogen and oxygen atoms in total. The summed E-state index contributed by atoms with van der Waals surface area (Å²) in [5.41, 5.74) is 1.73. The van der Waals surface area contributed by atoms with E-state index in [0.29, 0.717) is 11.5 Å². The van der Waals surface area contributed by atoms with E-state index in [-0.39, 0.29) is 11.7 Å². The van der Waals surface area contributed by atoms with Crippen LogP contribution in [0.3, 0.4) is 0 Å². The van der Waals surface area contributed by atoms with Crippen molar-refractivity contribution >= 4 is 0 Å². The summed E-state index contributed by atoms with van der Waals surface area (Å²) in [7, 11) is 1.79. The maximum atomic E-state index is 11.8. The van der Waals surface area contributed by atoms with Gasteiger partial charge in [-0.2, -0.15) is 10.4 Å². The van der Waals surface area contributed by atoms with Gasteiger partial charge in [-0.25, -0.2) is 9.89 Å². The van der Waals surface area contributed by atoms with E-state index in [4.69, 9.17) is 5.26 Å². The Balaban J connectivity index is 1.62. The highest BCUT2D eigenvalue weighted by molar-refractivity contribution is 5.31.